The minimum Gasteiger partial charge on any atom is -0.271 e. The Labute approximate surface area is 134 Å². The van der Waals surface area contributed by atoms with E-state index in [-0.39, 0.29) is 0 Å². The molecule has 0 saturated heterocycles. The first-order valence-corrected chi connectivity index (χ1v) is 7.22. The molecule has 0 fully saturated rings. The molecule has 2 aromatic carbocycles. The lowest BCUT2D eigenvalue weighted by Gasteiger charge is -2.18. The van der Waals surface area contributed by atoms with E-state index in [9.17, 15) is 4.39 Å². The molecule has 0 spiro atoms. The molecule has 0 aliphatic rings. The Morgan fingerprint density at radius 3 is 2.47 bits per heavy atom. The Morgan fingerprint density at radius 1 is 1.16 bits per heavy atom. The van der Waals surface area contributed by atoms with E-state index >= 15 is 0 Å². The molecule has 1 atom stereocenters. The summed E-state index contributed by atoms with van der Waals surface area (Å²) in [5, 5.41) is 0.949. The molecule has 0 saturated carbocycles. The zero-order valence-corrected chi connectivity index (χ0v) is 13.3. The predicted molar refractivity (Wildman–Crippen MR) is 84.7 cm³/mol. The van der Waals surface area contributed by atoms with Crippen molar-refractivity contribution in [2.45, 2.75) is 6.04 Å². The normalized spacial score (nSPS) is 12.5. The lowest BCUT2D eigenvalue weighted by atomic mass is 9.99. The van der Waals surface area contributed by atoms with Crippen molar-refractivity contribution in [3.8, 4) is 0 Å². The highest BCUT2D eigenvalue weighted by Crippen LogP contribution is 2.29. The first-order valence-electron chi connectivity index (χ1n) is 5.39. The Kier molecular flexibility index (Phi) is 5.03. The summed E-state index contributed by atoms with van der Waals surface area (Å²) in [4.78, 5) is 0. The maximum Gasteiger partial charge on any atom is 0.129 e. The standard InChI is InChI=1S/C13H10Cl2FIN2/c14-8-2-3-9(11(16)6-8)13(19-18)7-1-4-12(17)10(15)5-7/h1-6,13,19H,18H2. The largest absolute Gasteiger partial charge is 0.271 e. The topological polar surface area (TPSA) is 38.0 Å². The lowest BCUT2D eigenvalue weighted by Crippen LogP contribution is -2.29. The molecule has 0 amide bonds. The number of hydrogen-bond acceptors (Lipinski definition) is 2. The molecule has 0 radical (unpaired) electrons. The first kappa shape index (κ1) is 15.0. The summed E-state index contributed by atoms with van der Waals surface area (Å²) in [6, 6.07) is 9.49. The van der Waals surface area contributed by atoms with Crippen LogP contribution in [-0.2, 0) is 0 Å². The van der Waals surface area contributed by atoms with Gasteiger partial charge in [-0.15, -0.1) is 0 Å². The minimum atomic E-state index is -0.480. The summed E-state index contributed by atoms with van der Waals surface area (Å²) in [6.45, 7) is 0. The molecule has 2 aromatic rings. The Bertz CT molecular complexity index is 607. The highest BCUT2D eigenvalue weighted by atomic mass is 127. The van der Waals surface area contributed by atoms with Gasteiger partial charge in [-0.2, -0.15) is 0 Å². The van der Waals surface area contributed by atoms with Gasteiger partial charge in [0.2, 0.25) is 0 Å². The van der Waals surface area contributed by atoms with Crippen molar-refractivity contribution in [1.29, 1.82) is 0 Å². The Balaban J connectivity index is 2.46. The van der Waals surface area contributed by atoms with Crippen molar-refractivity contribution in [3.63, 3.8) is 0 Å². The second-order valence-corrected chi connectivity index (χ2v) is 5.94. The fourth-order valence-corrected chi connectivity index (χ4v) is 2.48. The average Bonchev–Trinajstić information content (AvgIpc) is 2.37. The molecule has 1 unspecified atom stereocenters. The van der Waals surface area contributed by atoms with Gasteiger partial charge < -0.3 is 0 Å². The van der Waals surface area contributed by atoms with Gasteiger partial charge in [0.15, 0.2) is 0 Å². The third-order valence-electron chi connectivity index (χ3n) is 2.72. The number of hydrogen-bond donors (Lipinski definition) is 2. The third-order valence-corrected chi connectivity index (χ3v) is 4.52. The van der Waals surface area contributed by atoms with E-state index in [1.165, 1.54) is 6.07 Å². The van der Waals surface area contributed by atoms with Crippen molar-refractivity contribution in [1.82, 2.24) is 5.43 Å². The van der Waals surface area contributed by atoms with Crippen LogP contribution < -0.4 is 11.3 Å². The van der Waals surface area contributed by atoms with Crippen molar-refractivity contribution in [3.05, 3.63) is 67.0 Å². The van der Waals surface area contributed by atoms with Crippen molar-refractivity contribution in [2.75, 3.05) is 0 Å². The second kappa shape index (κ2) is 6.37. The molecule has 2 rings (SSSR count). The summed E-state index contributed by atoms with van der Waals surface area (Å²) in [7, 11) is 0. The van der Waals surface area contributed by atoms with Gasteiger partial charge in [-0.3, -0.25) is 5.84 Å². The van der Waals surface area contributed by atoms with Crippen LogP contribution in [0.2, 0.25) is 10.0 Å². The molecular formula is C13H10Cl2FIN2. The van der Waals surface area contributed by atoms with Gasteiger partial charge in [0.25, 0.3) is 0 Å². The molecular weight excluding hydrogens is 401 g/mol. The molecule has 0 heterocycles. The van der Waals surface area contributed by atoms with Crippen molar-refractivity contribution < 1.29 is 4.39 Å². The highest BCUT2D eigenvalue weighted by molar-refractivity contribution is 14.1. The summed E-state index contributed by atoms with van der Waals surface area (Å²) in [6.07, 6.45) is 0. The highest BCUT2D eigenvalue weighted by Gasteiger charge is 2.17. The zero-order valence-electron chi connectivity index (χ0n) is 9.63. The van der Waals surface area contributed by atoms with E-state index in [2.05, 4.69) is 28.0 Å². The summed E-state index contributed by atoms with van der Waals surface area (Å²) >= 11 is 13.9. The summed E-state index contributed by atoms with van der Waals surface area (Å²) < 4.78 is 14.9. The van der Waals surface area contributed by atoms with E-state index in [0.29, 0.717) is 15.6 Å². The molecule has 6 heteroatoms. The van der Waals surface area contributed by atoms with E-state index in [4.69, 9.17) is 29.0 Å². The van der Waals surface area contributed by atoms with Crippen molar-refractivity contribution >= 4 is 45.8 Å². The number of halogens is 4. The third kappa shape index (κ3) is 3.38. The van der Waals surface area contributed by atoms with Crippen LogP contribution in [0.25, 0.3) is 0 Å². The van der Waals surface area contributed by atoms with Crippen LogP contribution >= 0.6 is 45.8 Å². The number of hydrazine groups is 1. The van der Waals surface area contributed by atoms with Gasteiger partial charge in [0, 0.05) is 14.2 Å². The van der Waals surface area contributed by atoms with Crippen LogP contribution in [0.15, 0.2) is 36.4 Å². The van der Waals surface area contributed by atoms with E-state index in [0.717, 1.165) is 9.13 Å². The smallest absolute Gasteiger partial charge is 0.129 e. The fourth-order valence-electron chi connectivity index (χ4n) is 1.79. The molecule has 0 aliphatic heterocycles. The Hall–Kier alpha value is -0.400. The maximum absolute atomic E-state index is 13.9. The zero-order chi connectivity index (χ0) is 14.0. The van der Waals surface area contributed by atoms with Gasteiger partial charge in [0.05, 0.1) is 11.1 Å². The quantitative estimate of drug-likeness (QED) is 0.450. The number of benzene rings is 2. The van der Waals surface area contributed by atoms with E-state index in [1.54, 1.807) is 18.2 Å². The Morgan fingerprint density at radius 2 is 1.89 bits per heavy atom. The van der Waals surface area contributed by atoms with Crippen molar-refractivity contribution in [2.24, 2.45) is 5.84 Å². The van der Waals surface area contributed by atoms with Crippen LogP contribution in [0.5, 0.6) is 0 Å². The van der Waals surface area contributed by atoms with Crippen LogP contribution in [0.4, 0.5) is 4.39 Å². The van der Waals surface area contributed by atoms with E-state index in [1.807, 2.05) is 12.1 Å². The SMILES string of the molecule is NNC(c1ccc(I)c(Cl)c1)c1ccc(Cl)cc1F. The van der Waals surface area contributed by atoms with Gasteiger partial charge in [0.1, 0.15) is 5.82 Å². The minimum absolute atomic E-state index is 0.345. The van der Waals surface area contributed by atoms with Gasteiger partial charge in [-0.05, 0) is 52.4 Å². The molecule has 3 N–H and O–H groups in total. The van der Waals surface area contributed by atoms with Gasteiger partial charge >= 0.3 is 0 Å². The molecule has 19 heavy (non-hydrogen) atoms. The second-order valence-electron chi connectivity index (χ2n) is 3.94. The molecule has 0 aromatic heterocycles. The molecule has 2 nitrogen and oxygen atoms in total. The first-order chi connectivity index (χ1) is 9.02. The summed E-state index contributed by atoms with van der Waals surface area (Å²) in [5.74, 6) is 5.13. The predicted octanol–water partition coefficient (Wildman–Crippen LogP) is 4.29. The number of nitrogens with two attached hydrogens (primary N) is 1. The van der Waals surface area contributed by atoms with E-state index < -0.39 is 11.9 Å². The lowest BCUT2D eigenvalue weighted by molar-refractivity contribution is 0.560. The number of nitrogens with one attached hydrogen (secondary N) is 1. The fraction of sp³-hybridized carbons (Fsp3) is 0.0769. The number of rotatable bonds is 3. The van der Waals surface area contributed by atoms with Gasteiger partial charge in [-0.1, -0.05) is 35.3 Å². The van der Waals surface area contributed by atoms with Gasteiger partial charge in [-0.25, -0.2) is 9.82 Å². The van der Waals surface area contributed by atoms with Crippen LogP contribution in [-0.4, -0.2) is 0 Å². The molecule has 0 bridgehead atoms. The molecule has 0 aliphatic carbocycles. The molecule has 100 valence electrons. The van der Waals surface area contributed by atoms with Crippen LogP contribution in [0.1, 0.15) is 17.2 Å². The average molecular weight is 411 g/mol. The maximum atomic E-state index is 13.9. The van der Waals surface area contributed by atoms with Crippen LogP contribution in [0.3, 0.4) is 0 Å². The monoisotopic (exact) mass is 410 g/mol. The van der Waals surface area contributed by atoms with Crippen LogP contribution in [0, 0.1) is 9.39 Å². The summed E-state index contributed by atoms with van der Waals surface area (Å²) in [5.41, 5.74) is 3.80.